The second-order valence-corrected chi connectivity index (χ2v) is 6.76. The van der Waals surface area contributed by atoms with E-state index < -0.39 is 0 Å². The van der Waals surface area contributed by atoms with Crippen LogP contribution < -0.4 is 4.74 Å². The smallest absolute Gasteiger partial charge is 0.310 e. The third-order valence-corrected chi connectivity index (χ3v) is 5.07. The molecular formula is C19H27NO3. The van der Waals surface area contributed by atoms with Crippen LogP contribution in [0.4, 0.5) is 0 Å². The minimum absolute atomic E-state index is 0.0170. The summed E-state index contributed by atoms with van der Waals surface area (Å²) in [5, 5.41) is 0. The van der Waals surface area contributed by atoms with Crippen LogP contribution in [0.15, 0.2) is 18.2 Å². The van der Waals surface area contributed by atoms with Gasteiger partial charge < -0.3 is 14.4 Å². The number of hydrogen-bond donors (Lipinski definition) is 0. The summed E-state index contributed by atoms with van der Waals surface area (Å²) >= 11 is 0. The molecule has 1 aliphatic carbocycles. The van der Waals surface area contributed by atoms with E-state index in [1.807, 2.05) is 6.92 Å². The van der Waals surface area contributed by atoms with Gasteiger partial charge in [0.1, 0.15) is 5.75 Å². The number of carbonyl (C=O) groups is 1. The number of methoxy groups -OCH3 is 1. The van der Waals surface area contributed by atoms with Crippen LogP contribution in [-0.2, 0) is 22.4 Å². The van der Waals surface area contributed by atoms with Gasteiger partial charge in [-0.1, -0.05) is 6.07 Å². The van der Waals surface area contributed by atoms with Gasteiger partial charge in [-0.15, -0.1) is 0 Å². The molecule has 2 aliphatic rings. The summed E-state index contributed by atoms with van der Waals surface area (Å²) in [6.07, 6.45) is 4.32. The fraction of sp³-hybridized carbons (Fsp3) is 0.632. The SMILES string of the molecule is CCOC(=O)C1CCCN(CC2Cc3ccc(OC)cc3C2)C1. The van der Waals surface area contributed by atoms with E-state index in [-0.39, 0.29) is 11.9 Å². The normalized spacial score (nSPS) is 24.3. The van der Waals surface area contributed by atoms with Crippen LogP contribution >= 0.6 is 0 Å². The minimum Gasteiger partial charge on any atom is -0.497 e. The molecule has 2 unspecified atom stereocenters. The van der Waals surface area contributed by atoms with Crippen LogP contribution in [0.25, 0.3) is 0 Å². The molecule has 0 spiro atoms. The van der Waals surface area contributed by atoms with Crippen molar-refractivity contribution >= 4 is 5.97 Å². The number of hydrogen-bond acceptors (Lipinski definition) is 4. The lowest BCUT2D eigenvalue weighted by Crippen LogP contribution is -2.41. The maximum atomic E-state index is 12.0. The van der Waals surface area contributed by atoms with E-state index in [2.05, 4.69) is 23.1 Å². The highest BCUT2D eigenvalue weighted by Gasteiger charge is 2.30. The van der Waals surface area contributed by atoms with Crippen molar-refractivity contribution in [1.82, 2.24) is 4.90 Å². The van der Waals surface area contributed by atoms with Gasteiger partial charge in [0.25, 0.3) is 0 Å². The summed E-state index contributed by atoms with van der Waals surface area (Å²) in [6, 6.07) is 6.43. The van der Waals surface area contributed by atoms with Crippen LogP contribution in [0, 0.1) is 11.8 Å². The van der Waals surface area contributed by atoms with Gasteiger partial charge in [0.05, 0.1) is 19.6 Å². The molecule has 0 radical (unpaired) electrons. The molecule has 3 rings (SSSR count). The lowest BCUT2D eigenvalue weighted by atomic mass is 9.96. The molecule has 126 valence electrons. The predicted molar refractivity (Wildman–Crippen MR) is 89.7 cm³/mol. The Balaban J connectivity index is 1.55. The van der Waals surface area contributed by atoms with Crippen LogP contribution in [0.1, 0.15) is 30.9 Å². The zero-order valence-corrected chi connectivity index (χ0v) is 14.2. The molecule has 4 heteroatoms. The highest BCUT2D eigenvalue weighted by atomic mass is 16.5. The van der Waals surface area contributed by atoms with E-state index in [1.54, 1.807) is 7.11 Å². The fourth-order valence-electron chi connectivity index (χ4n) is 3.98. The van der Waals surface area contributed by atoms with Gasteiger partial charge in [0, 0.05) is 13.1 Å². The molecule has 0 aromatic heterocycles. The lowest BCUT2D eigenvalue weighted by molar-refractivity contribution is -0.150. The monoisotopic (exact) mass is 317 g/mol. The number of carbonyl (C=O) groups excluding carboxylic acids is 1. The van der Waals surface area contributed by atoms with Crippen molar-refractivity contribution in [2.75, 3.05) is 33.4 Å². The van der Waals surface area contributed by atoms with E-state index in [1.165, 1.54) is 11.1 Å². The van der Waals surface area contributed by atoms with Gasteiger partial charge in [-0.3, -0.25) is 4.79 Å². The first kappa shape index (κ1) is 16.3. The van der Waals surface area contributed by atoms with Gasteiger partial charge in [-0.25, -0.2) is 0 Å². The Morgan fingerprint density at radius 2 is 2.13 bits per heavy atom. The Bertz CT molecular complexity index is 558. The lowest BCUT2D eigenvalue weighted by Gasteiger charge is -2.33. The molecular weight excluding hydrogens is 290 g/mol. The molecule has 4 nitrogen and oxygen atoms in total. The molecule has 0 saturated carbocycles. The Morgan fingerprint density at radius 3 is 2.91 bits per heavy atom. The number of fused-ring (bicyclic) bond motifs is 1. The van der Waals surface area contributed by atoms with Crippen LogP contribution in [-0.4, -0.2) is 44.2 Å². The van der Waals surface area contributed by atoms with Gasteiger partial charge in [0.15, 0.2) is 0 Å². The summed E-state index contributed by atoms with van der Waals surface area (Å²) in [6.45, 7) is 5.39. The molecule has 1 aromatic carbocycles. The highest BCUT2D eigenvalue weighted by Crippen LogP contribution is 2.31. The summed E-state index contributed by atoms with van der Waals surface area (Å²) in [5.41, 5.74) is 2.88. The first-order chi connectivity index (χ1) is 11.2. The van der Waals surface area contributed by atoms with Gasteiger partial charge in [0.2, 0.25) is 0 Å². The van der Waals surface area contributed by atoms with E-state index in [4.69, 9.17) is 9.47 Å². The average Bonchev–Trinajstić information content (AvgIpc) is 2.96. The molecule has 1 heterocycles. The number of nitrogens with zero attached hydrogens (tertiary/aromatic N) is 1. The van der Waals surface area contributed by atoms with Crippen molar-refractivity contribution in [3.05, 3.63) is 29.3 Å². The first-order valence-electron chi connectivity index (χ1n) is 8.74. The van der Waals surface area contributed by atoms with E-state index in [0.29, 0.717) is 12.5 Å². The maximum Gasteiger partial charge on any atom is 0.310 e. The van der Waals surface area contributed by atoms with Crippen LogP contribution in [0.3, 0.4) is 0 Å². The minimum atomic E-state index is -0.0170. The molecule has 0 amide bonds. The number of piperidine rings is 1. The predicted octanol–water partition coefficient (Wildman–Crippen LogP) is 2.69. The van der Waals surface area contributed by atoms with Gasteiger partial charge >= 0.3 is 5.97 Å². The Labute approximate surface area is 138 Å². The number of rotatable bonds is 5. The second-order valence-electron chi connectivity index (χ2n) is 6.76. The van der Waals surface area contributed by atoms with E-state index in [0.717, 1.165) is 51.1 Å². The highest BCUT2D eigenvalue weighted by molar-refractivity contribution is 5.72. The number of benzene rings is 1. The Hall–Kier alpha value is -1.55. The molecule has 0 N–H and O–H groups in total. The van der Waals surface area contributed by atoms with Gasteiger partial charge in [-0.05, 0) is 68.3 Å². The number of likely N-dealkylation sites (tertiary alicyclic amines) is 1. The van der Waals surface area contributed by atoms with E-state index in [9.17, 15) is 4.79 Å². The molecule has 2 atom stereocenters. The van der Waals surface area contributed by atoms with Crippen molar-refractivity contribution in [3.63, 3.8) is 0 Å². The topological polar surface area (TPSA) is 38.8 Å². The largest absolute Gasteiger partial charge is 0.497 e. The molecule has 23 heavy (non-hydrogen) atoms. The number of ether oxygens (including phenoxy) is 2. The number of esters is 1. The molecule has 1 aliphatic heterocycles. The fourth-order valence-corrected chi connectivity index (χ4v) is 3.98. The molecule has 1 saturated heterocycles. The van der Waals surface area contributed by atoms with Crippen molar-refractivity contribution in [3.8, 4) is 5.75 Å². The zero-order chi connectivity index (χ0) is 16.2. The average molecular weight is 317 g/mol. The van der Waals surface area contributed by atoms with Crippen molar-refractivity contribution in [2.24, 2.45) is 11.8 Å². The quantitative estimate of drug-likeness (QED) is 0.783. The molecule has 1 fully saturated rings. The maximum absolute atomic E-state index is 12.0. The molecule has 1 aromatic rings. The summed E-state index contributed by atoms with van der Waals surface area (Å²) in [7, 11) is 1.72. The summed E-state index contributed by atoms with van der Waals surface area (Å²) < 4.78 is 10.5. The Morgan fingerprint density at radius 1 is 1.30 bits per heavy atom. The third-order valence-electron chi connectivity index (χ3n) is 5.07. The standard InChI is InChI=1S/C19H27NO3/c1-3-23-19(21)16-5-4-8-20(13-16)12-14-9-15-6-7-18(22-2)11-17(15)10-14/h6-7,11,14,16H,3-5,8-10,12-13H2,1-2H3. The molecule has 0 bridgehead atoms. The zero-order valence-electron chi connectivity index (χ0n) is 14.2. The summed E-state index contributed by atoms with van der Waals surface area (Å²) in [4.78, 5) is 14.4. The second kappa shape index (κ2) is 7.35. The van der Waals surface area contributed by atoms with Crippen LogP contribution in [0.2, 0.25) is 0 Å². The van der Waals surface area contributed by atoms with E-state index >= 15 is 0 Å². The van der Waals surface area contributed by atoms with Crippen molar-refractivity contribution in [1.29, 1.82) is 0 Å². The first-order valence-corrected chi connectivity index (χ1v) is 8.74. The van der Waals surface area contributed by atoms with Crippen molar-refractivity contribution in [2.45, 2.75) is 32.6 Å². The Kier molecular flexibility index (Phi) is 5.21. The summed E-state index contributed by atoms with van der Waals surface area (Å²) in [5.74, 6) is 1.65. The van der Waals surface area contributed by atoms with Crippen molar-refractivity contribution < 1.29 is 14.3 Å². The van der Waals surface area contributed by atoms with Crippen LogP contribution in [0.5, 0.6) is 5.75 Å². The van der Waals surface area contributed by atoms with Gasteiger partial charge in [-0.2, -0.15) is 0 Å². The third kappa shape index (κ3) is 3.86.